The van der Waals surface area contributed by atoms with Gasteiger partial charge < -0.3 is 20.5 Å². The van der Waals surface area contributed by atoms with Crippen LogP contribution in [0.4, 0.5) is 5.00 Å². The van der Waals surface area contributed by atoms with Gasteiger partial charge in [0.05, 0.1) is 22.6 Å². The minimum Gasteiger partial charge on any atom is -0.462 e. The van der Waals surface area contributed by atoms with Gasteiger partial charge in [-0.25, -0.2) is 18.0 Å². The minimum atomic E-state index is -3.81. The van der Waals surface area contributed by atoms with E-state index in [4.69, 9.17) is 15.2 Å². The van der Waals surface area contributed by atoms with E-state index in [2.05, 4.69) is 5.32 Å². The van der Waals surface area contributed by atoms with E-state index in [0.29, 0.717) is 13.0 Å². The molecule has 38 heavy (non-hydrogen) atoms. The Morgan fingerprint density at radius 3 is 2.50 bits per heavy atom. The van der Waals surface area contributed by atoms with Crippen molar-refractivity contribution >= 4 is 44.2 Å². The number of esters is 2. The van der Waals surface area contributed by atoms with Gasteiger partial charge in [-0.2, -0.15) is 4.31 Å². The fourth-order valence-corrected chi connectivity index (χ4v) is 6.50. The lowest BCUT2D eigenvalue weighted by Gasteiger charge is -2.16. The third-order valence-electron chi connectivity index (χ3n) is 5.77. The van der Waals surface area contributed by atoms with Crippen molar-refractivity contribution in [1.29, 1.82) is 0 Å². The number of thiophene rings is 1. The molecule has 2 aromatic carbocycles. The summed E-state index contributed by atoms with van der Waals surface area (Å²) in [6, 6.07) is 16.2. The van der Waals surface area contributed by atoms with E-state index in [1.54, 1.807) is 13.0 Å². The van der Waals surface area contributed by atoms with Crippen molar-refractivity contribution in [2.45, 2.75) is 24.3 Å². The number of nitrogens with zero attached hydrogens (tertiary/aromatic N) is 1. The maximum absolute atomic E-state index is 12.9. The normalized spacial score (nSPS) is 15.7. The predicted molar refractivity (Wildman–Crippen MR) is 142 cm³/mol. The third-order valence-corrected chi connectivity index (χ3v) is 8.73. The lowest BCUT2D eigenvalue weighted by Crippen LogP contribution is -2.32. The molecule has 0 aliphatic carbocycles. The van der Waals surface area contributed by atoms with Crippen molar-refractivity contribution in [3.8, 4) is 10.4 Å². The van der Waals surface area contributed by atoms with Crippen LogP contribution in [-0.2, 0) is 24.3 Å². The highest BCUT2D eigenvalue weighted by Gasteiger charge is 2.31. The quantitative estimate of drug-likeness (QED) is 0.382. The molecule has 3 N–H and O–H groups in total. The molecular formula is C26H27N3O7S2. The number of ether oxygens (including phenoxy) is 2. The van der Waals surface area contributed by atoms with Gasteiger partial charge in [-0.05, 0) is 43.2 Å². The van der Waals surface area contributed by atoms with Gasteiger partial charge in [0, 0.05) is 24.0 Å². The van der Waals surface area contributed by atoms with Crippen LogP contribution in [0.1, 0.15) is 34.1 Å². The number of carbonyl (C=O) groups is 3. The number of sulfonamides is 1. The Morgan fingerprint density at radius 1 is 1.05 bits per heavy atom. The molecule has 1 aliphatic rings. The molecule has 0 spiro atoms. The van der Waals surface area contributed by atoms with E-state index in [1.165, 1.54) is 39.9 Å². The van der Waals surface area contributed by atoms with Gasteiger partial charge in [-0.15, -0.1) is 11.3 Å². The first-order chi connectivity index (χ1) is 18.2. The second-order valence-corrected chi connectivity index (χ2v) is 11.5. The monoisotopic (exact) mass is 557 g/mol. The van der Waals surface area contributed by atoms with Crippen LogP contribution < -0.4 is 11.1 Å². The number of carbonyl (C=O) groups excluding carboxylic acids is 3. The molecule has 10 nitrogen and oxygen atoms in total. The zero-order valence-corrected chi connectivity index (χ0v) is 22.2. The summed E-state index contributed by atoms with van der Waals surface area (Å²) in [4.78, 5) is 38.4. The fourth-order valence-electron chi connectivity index (χ4n) is 3.87. The lowest BCUT2D eigenvalue weighted by atomic mass is 10.1. The molecular weight excluding hydrogens is 530 g/mol. The van der Waals surface area contributed by atoms with E-state index in [1.807, 2.05) is 30.3 Å². The number of hydrogen-bond donors (Lipinski definition) is 2. The molecule has 1 saturated heterocycles. The Hall–Kier alpha value is -3.58. The van der Waals surface area contributed by atoms with Crippen LogP contribution in [0.3, 0.4) is 0 Å². The summed E-state index contributed by atoms with van der Waals surface area (Å²) in [5.41, 5.74) is 6.86. The Balaban J connectivity index is 1.43. The number of nitrogens with two attached hydrogens (primary N) is 1. The summed E-state index contributed by atoms with van der Waals surface area (Å²) in [6.07, 6.45) is 0.561. The number of anilines is 1. The lowest BCUT2D eigenvalue weighted by molar-refractivity contribution is -0.119. The van der Waals surface area contributed by atoms with Crippen LogP contribution in [0.25, 0.3) is 10.4 Å². The van der Waals surface area contributed by atoms with Crippen LogP contribution >= 0.6 is 11.3 Å². The molecule has 1 aliphatic heterocycles. The first-order valence-corrected chi connectivity index (χ1v) is 14.1. The van der Waals surface area contributed by atoms with Crippen molar-refractivity contribution in [2.24, 2.45) is 5.73 Å². The molecule has 0 radical (unpaired) electrons. The van der Waals surface area contributed by atoms with Gasteiger partial charge in [0.15, 0.2) is 6.61 Å². The third kappa shape index (κ3) is 6.27. The van der Waals surface area contributed by atoms with Crippen molar-refractivity contribution in [2.75, 3.05) is 31.6 Å². The molecule has 200 valence electrons. The Labute approximate surface area is 224 Å². The largest absolute Gasteiger partial charge is 0.462 e. The van der Waals surface area contributed by atoms with Gasteiger partial charge in [0.1, 0.15) is 5.00 Å². The predicted octanol–water partition coefficient (Wildman–Crippen LogP) is 3.11. The molecule has 12 heteroatoms. The van der Waals surface area contributed by atoms with Gasteiger partial charge in [-0.1, -0.05) is 36.4 Å². The summed E-state index contributed by atoms with van der Waals surface area (Å²) >= 11 is 1.19. The summed E-state index contributed by atoms with van der Waals surface area (Å²) in [6.45, 7) is 1.72. The molecule has 1 atom stereocenters. The standard InChI is InChI=1S/C26H27N3O7S2/c1-2-35-26(32)21-14-22(17-7-4-3-5-8-17)37-24(21)28-23(30)16-36-25(31)18-9-6-10-20(13-18)38(33,34)29-12-11-19(27)15-29/h3-10,13-14,19H,2,11-12,15-16,27H2,1H3,(H,28,30). The zero-order valence-electron chi connectivity index (χ0n) is 20.6. The maximum Gasteiger partial charge on any atom is 0.341 e. The number of rotatable bonds is 9. The average molecular weight is 558 g/mol. The molecule has 1 unspecified atom stereocenters. The highest BCUT2D eigenvalue weighted by Crippen LogP contribution is 2.36. The smallest absolute Gasteiger partial charge is 0.341 e. The number of benzene rings is 2. The van der Waals surface area contributed by atoms with Crippen LogP contribution in [0.2, 0.25) is 0 Å². The van der Waals surface area contributed by atoms with Crippen molar-refractivity contribution in [1.82, 2.24) is 4.31 Å². The molecule has 1 aromatic heterocycles. The van der Waals surface area contributed by atoms with Crippen molar-refractivity contribution in [3.63, 3.8) is 0 Å². The topological polar surface area (TPSA) is 145 Å². The first kappa shape index (κ1) is 27.5. The summed E-state index contributed by atoms with van der Waals surface area (Å²) in [5, 5.41) is 2.87. The Morgan fingerprint density at radius 2 is 1.82 bits per heavy atom. The van der Waals surface area contributed by atoms with E-state index in [-0.39, 0.29) is 40.2 Å². The Bertz CT molecular complexity index is 1440. The molecule has 4 rings (SSSR count). The second kappa shape index (κ2) is 11.9. The molecule has 2 heterocycles. The Kier molecular flexibility index (Phi) is 8.57. The molecule has 0 saturated carbocycles. The van der Waals surface area contributed by atoms with Crippen molar-refractivity contribution in [3.05, 3.63) is 71.8 Å². The van der Waals surface area contributed by atoms with Crippen LogP contribution in [0, 0.1) is 0 Å². The average Bonchev–Trinajstić information content (AvgIpc) is 3.55. The molecule has 1 fully saturated rings. The van der Waals surface area contributed by atoms with Gasteiger partial charge in [-0.3, -0.25) is 4.79 Å². The number of amides is 1. The highest BCUT2D eigenvalue weighted by molar-refractivity contribution is 7.89. The van der Waals surface area contributed by atoms with Gasteiger partial charge in [0.25, 0.3) is 5.91 Å². The van der Waals surface area contributed by atoms with Crippen LogP contribution in [0.15, 0.2) is 65.6 Å². The second-order valence-electron chi connectivity index (χ2n) is 8.50. The summed E-state index contributed by atoms with van der Waals surface area (Å²) in [7, 11) is -3.81. The van der Waals surface area contributed by atoms with E-state index in [9.17, 15) is 22.8 Å². The molecule has 0 bridgehead atoms. The SMILES string of the molecule is CCOC(=O)c1cc(-c2ccccc2)sc1NC(=O)COC(=O)c1cccc(S(=O)(=O)N2CCC(N)C2)c1. The van der Waals surface area contributed by atoms with Gasteiger partial charge in [0.2, 0.25) is 10.0 Å². The number of hydrogen-bond acceptors (Lipinski definition) is 9. The van der Waals surface area contributed by atoms with Crippen molar-refractivity contribution < 1.29 is 32.3 Å². The fraction of sp³-hybridized carbons (Fsp3) is 0.269. The first-order valence-electron chi connectivity index (χ1n) is 11.9. The van der Waals surface area contributed by atoms with E-state index in [0.717, 1.165) is 10.4 Å². The van der Waals surface area contributed by atoms with E-state index >= 15 is 0 Å². The maximum atomic E-state index is 12.9. The van der Waals surface area contributed by atoms with Crippen LogP contribution in [0.5, 0.6) is 0 Å². The van der Waals surface area contributed by atoms with Gasteiger partial charge >= 0.3 is 11.9 Å². The van der Waals surface area contributed by atoms with Crippen LogP contribution in [-0.4, -0.2) is 62.9 Å². The van der Waals surface area contributed by atoms with E-state index < -0.39 is 34.5 Å². The zero-order chi connectivity index (χ0) is 27.3. The molecule has 3 aromatic rings. The minimum absolute atomic E-state index is 0.0166. The molecule has 1 amide bonds. The number of nitrogens with one attached hydrogen (secondary N) is 1. The summed E-state index contributed by atoms with van der Waals surface area (Å²) in [5.74, 6) is -2.12. The highest BCUT2D eigenvalue weighted by atomic mass is 32.2. The summed E-state index contributed by atoms with van der Waals surface area (Å²) < 4.78 is 37.3.